The van der Waals surface area contributed by atoms with Crippen molar-refractivity contribution in [1.82, 2.24) is 16.0 Å². The number of nitrogens with zero attached hydrogens (tertiary/aromatic N) is 1. The van der Waals surface area contributed by atoms with Crippen molar-refractivity contribution in [2.45, 2.75) is 25.7 Å². The van der Waals surface area contributed by atoms with E-state index >= 15 is 0 Å². The van der Waals surface area contributed by atoms with Gasteiger partial charge in [-0.2, -0.15) is 0 Å². The van der Waals surface area contributed by atoms with Crippen LogP contribution in [0.2, 0.25) is 0 Å². The second kappa shape index (κ2) is 10.8. The SMILES string of the molecule is CN=C(NCCNC(=O)c1ccc(OC)cc1)NCC1(CCOC)CCC1. The van der Waals surface area contributed by atoms with Crippen LogP contribution in [0.3, 0.4) is 0 Å². The lowest BCUT2D eigenvalue weighted by molar-refractivity contribution is 0.0732. The van der Waals surface area contributed by atoms with E-state index in [0.717, 1.165) is 31.3 Å². The number of benzene rings is 1. The number of carbonyl (C=O) groups is 1. The van der Waals surface area contributed by atoms with Crippen LogP contribution in [-0.4, -0.2) is 59.4 Å². The molecule has 27 heavy (non-hydrogen) atoms. The maximum Gasteiger partial charge on any atom is 0.251 e. The van der Waals surface area contributed by atoms with Crippen LogP contribution in [0.25, 0.3) is 0 Å². The number of carbonyl (C=O) groups excluding carboxylic acids is 1. The fourth-order valence-electron chi connectivity index (χ4n) is 3.20. The Kier molecular flexibility index (Phi) is 8.39. The number of rotatable bonds is 10. The molecule has 1 aromatic carbocycles. The molecule has 0 unspecified atom stereocenters. The molecule has 2 rings (SSSR count). The van der Waals surface area contributed by atoms with E-state index in [9.17, 15) is 4.79 Å². The summed E-state index contributed by atoms with van der Waals surface area (Å²) in [7, 11) is 5.11. The molecule has 0 aliphatic heterocycles. The van der Waals surface area contributed by atoms with Gasteiger partial charge in [0.25, 0.3) is 5.91 Å². The van der Waals surface area contributed by atoms with E-state index in [1.807, 2.05) is 0 Å². The summed E-state index contributed by atoms with van der Waals surface area (Å²) in [6.07, 6.45) is 4.83. The van der Waals surface area contributed by atoms with Crippen molar-refractivity contribution in [1.29, 1.82) is 0 Å². The summed E-state index contributed by atoms with van der Waals surface area (Å²) in [5.41, 5.74) is 0.944. The Balaban J connectivity index is 1.67. The predicted molar refractivity (Wildman–Crippen MR) is 107 cm³/mol. The number of ether oxygens (including phenoxy) is 2. The molecule has 0 saturated heterocycles. The van der Waals surface area contributed by atoms with Gasteiger partial charge in [0.1, 0.15) is 5.75 Å². The van der Waals surface area contributed by atoms with Crippen LogP contribution in [0, 0.1) is 5.41 Å². The fraction of sp³-hybridized carbons (Fsp3) is 0.600. The van der Waals surface area contributed by atoms with Crippen molar-refractivity contribution >= 4 is 11.9 Å². The Labute approximate surface area is 161 Å². The molecule has 1 aliphatic rings. The molecule has 7 heteroatoms. The first-order valence-corrected chi connectivity index (χ1v) is 9.48. The zero-order chi connectivity index (χ0) is 19.5. The summed E-state index contributed by atoms with van der Waals surface area (Å²) in [5, 5.41) is 9.55. The lowest BCUT2D eigenvalue weighted by atomic mass is 9.67. The highest BCUT2D eigenvalue weighted by molar-refractivity contribution is 5.94. The van der Waals surface area contributed by atoms with Gasteiger partial charge in [0.2, 0.25) is 0 Å². The smallest absolute Gasteiger partial charge is 0.251 e. The number of amides is 1. The quantitative estimate of drug-likeness (QED) is 0.329. The normalized spacial score (nSPS) is 15.6. The first-order valence-electron chi connectivity index (χ1n) is 9.48. The molecule has 1 aliphatic carbocycles. The largest absolute Gasteiger partial charge is 0.497 e. The highest BCUT2D eigenvalue weighted by Crippen LogP contribution is 2.43. The van der Waals surface area contributed by atoms with E-state index in [1.54, 1.807) is 45.5 Å². The summed E-state index contributed by atoms with van der Waals surface area (Å²) in [6, 6.07) is 7.05. The molecule has 1 aromatic rings. The van der Waals surface area contributed by atoms with Gasteiger partial charge in [0.15, 0.2) is 5.96 Å². The summed E-state index contributed by atoms with van der Waals surface area (Å²) in [6.45, 7) is 2.81. The van der Waals surface area contributed by atoms with Crippen molar-refractivity contribution in [3.8, 4) is 5.75 Å². The van der Waals surface area contributed by atoms with E-state index in [0.29, 0.717) is 24.1 Å². The Morgan fingerprint density at radius 3 is 2.37 bits per heavy atom. The lowest BCUT2D eigenvalue weighted by Gasteiger charge is -2.42. The molecule has 0 heterocycles. The van der Waals surface area contributed by atoms with Crippen molar-refractivity contribution in [3.63, 3.8) is 0 Å². The zero-order valence-corrected chi connectivity index (χ0v) is 16.6. The first kappa shape index (κ1) is 21.0. The summed E-state index contributed by atoms with van der Waals surface area (Å²) >= 11 is 0. The van der Waals surface area contributed by atoms with Gasteiger partial charge < -0.3 is 25.4 Å². The number of hydrogen-bond acceptors (Lipinski definition) is 4. The molecular formula is C20H32N4O3. The third-order valence-electron chi connectivity index (χ3n) is 5.16. The van der Waals surface area contributed by atoms with Crippen molar-refractivity contribution in [2.24, 2.45) is 10.4 Å². The summed E-state index contributed by atoms with van der Waals surface area (Å²) in [4.78, 5) is 16.4. The standard InChI is InChI=1S/C20H32N4O3/c1-21-19(24-15-20(9-4-10-20)11-14-26-2)23-13-12-22-18(25)16-5-7-17(27-3)8-6-16/h5-8H,4,9-15H2,1-3H3,(H,22,25)(H2,21,23,24). The molecule has 0 radical (unpaired) electrons. The van der Waals surface area contributed by atoms with Gasteiger partial charge in [-0.1, -0.05) is 6.42 Å². The number of guanidine groups is 1. The molecule has 3 N–H and O–H groups in total. The van der Waals surface area contributed by atoms with Crippen molar-refractivity contribution in [3.05, 3.63) is 29.8 Å². The second-order valence-electron chi connectivity index (χ2n) is 6.93. The van der Waals surface area contributed by atoms with Gasteiger partial charge in [-0.3, -0.25) is 9.79 Å². The molecule has 1 amide bonds. The average molecular weight is 377 g/mol. The van der Waals surface area contributed by atoms with Gasteiger partial charge in [-0.15, -0.1) is 0 Å². The molecule has 0 atom stereocenters. The van der Waals surface area contributed by atoms with Gasteiger partial charge in [-0.05, 0) is 48.9 Å². The number of aliphatic imine (C=N–C) groups is 1. The van der Waals surface area contributed by atoms with E-state index in [1.165, 1.54) is 19.3 Å². The van der Waals surface area contributed by atoms with Crippen LogP contribution in [0.1, 0.15) is 36.0 Å². The molecule has 1 saturated carbocycles. The number of hydrogen-bond donors (Lipinski definition) is 3. The summed E-state index contributed by atoms with van der Waals surface area (Å²) < 4.78 is 10.3. The minimum Gasteiger partial charge on any atom is -0.497 e. The van der Waals surface area contributed by atoms with Gasteiger partial charge >= 0.3 is 0 Å². The van der Waals surface area contributed by atoms with Gasteiger partial charge in [-0.25, -0.2) is 0 Å². The summed E-state index contributed by atoms with van der Waals surface area (Å²) in [5.74, 6) is 1.39. The third-order valence-corrected chi connectivity index (χ3v) is 5.16. The topological polar surface area (TPSA) is 84.0 Å². The van der Waals surface area contributed by atoms with E-state index in [-0.39, 0.29) is 5.91 Å². The number of nitrogens with one attached hydrogen (secondary N) is 3. The Hall–Kier alpha value is -2.28. The molecule has 7 nitrogen and oxygen atoms in total. The maximum atomic E-state index is 12.1. The second-order valence-corrected chi connectivity index (χ2v) is 6.93. The number of methoxy groups -OCH3 is 2. The van der Waals surface area contributed by atoms with Crippen LogP contribution in [-0.2, 0) is 4.74 Å². The van der Waals surface area contributed by atoms with Crippen LogP contribution >= 0.6 is 0 Å². The minimum atomic E-state index is -0.101. The van der Waals surface area contributed by atoms with Crippen molar-refractivity contribution in [2.75, 3.05) is 47.5 Å². The Morgan fingerprint density at radius 1 is 1.11 bits per heavy atom. The minimum absolute atomic E-state index is 0.101. The van der Waals surface area contributed by atoms with E-state index < -0.39 is 0 Å². The monoisotopic (exact) mass is 376 g/mol. The molecule has 0 bridgehead atoms. The van der Waals surface area contributed by atoms with E-state index in [4.69, 9.17) is 9.47 Å². The highest BCUT2D eigenvalue weighted by atomic mass is 16.5. The third kappa shape index (κ3) is 6.43. The van der Waals surface area contributed by atoms with Gasteiger partial charge in [0.05, 0.1) is 7.11 Å². The average Bonchev–Trinajstić information content (AvgIpc) is 2.68. The van der Waals surface area contributed by atoms with Crippen LogP contribution in [0.15, 0.2) is 29.3 Å². The Morgan fingerprint density at radius 2 is 1.81 bits per heavy atom. The molecular weight excluding hydrogens is 344 g/mol. The van der Waals surface area contributed by atoms with Crippen LogP contribution in [0.4, 0.5) is 0 Å². The van der Waals surface area contributed by atoms with E-state index in [2.05, 4.69) is 20.9 Å². The van der Waals surface area contributed by atoms with Crippen LogP contribution < -0.4 is 20.7 Å². The van der Waals surface area contributed by atoms with Gasteiger partial charge in [0, 0.05) is 46.0 Å². The molecule has 0 spiro atoms. The molecule has 0 aromatic heterocycles. The molecule has 150 valence electrons. The fourth-order valence-corrected chi connectivity index (χ4v) is 3.20. The van der Waals surface area contributed by atoms with Crippen molar-refractivity contribution < 1.29 is 14.3 Å². The first-order chi connectivity index (χ1) is 13.1. The van der Waals surface area contributed by atoms with Crippen LogP contribution in [0.5, 0.6) is 5.75 Å². The lowest BCUT2D eigenvalue weighted by Crippen LogP contribution is -2.48. The maximum absolute atomic E-state index is 12.1. The molecule has 1 fully saturated rings. The Bertz CT molecular complexity index is 612. The highest BCUT2D eigenvalue weighted by Gasteiger charge is 2.36. The predicted octanol–water partition coefficient (Wildman–Crippen LogP) is 1.80. The zero-order valence-electron chi connectivity index (χ0n) is 16.6.